The second-order valence-electron chi connectivity index (χ2n) is 4.03. The predicted octanol–water partition coefficient (Wildman–Crippen LogP) is 3.74. The van der Waals surface area contributed by atoms with Crippen molar-refractivity contribution in [3.8, 4) is 0 Å². The number of carbonyl (C=O) groups excluding carboxylic acids is 1. The third-order valence-electron chi connectivity index (χ3n) is 2.77. The zero-order chi connectivity index (χ0) is 14.1. The summed E-state index contributed by atoms with van der Waals surface area (Å²) in [6.45, 7) is 0. The van der Waals surface area contributed by atoms with Gasteiger partial charge in [0.25, 0.3) is 5.91 Å². The summed E-state index contributed by atoms with van der Waals surface area (Å²) in [5.41, 5.74) is 1.48. The van der Waals surface area contributed by atoms with Crippen LogP contribution in [-0.2, 0) is 0 Å². The fourth-order valence-corrected chi connectivity index (χ4v) is 2.77. The van der Waals surface area contributed by atoms with Gasteiger partial charge < -0.3 is 10.3 Å². The molecule has 2 N–H and O–H groups in total. The van der Waals surface area contributed by atoms with E-state index in [9.17, 15) is 4.79 Å². The van der Waals surface area contributed by atoms with Gasteiger partial charge in [-0.15, -0.1) is 0 Å². The fourth-order valence-electron chi connectivity index (χ4n) is 1.86. The van der Waals surface area contributed by atoms with Crippen LogP contribution < -0.4 is 5.32 Å². The number of halogens is 2. The number of hydrogen-bond acceptors (Lipinski definition) is 3. The first kappa shape index (κ1) is 13.3. The summed E-state index contributed by atoms with van der Waals surface area (Å²) in [5.74, 6) is 0.142. The second kappa shape index (κ2) is 5.34. The highest BCUT2D eigenvalue weighted by Gasteiger charge is 2.14. The van der Waals surface area contributed by atoms with Crippen LogP contribution in [0.3, 0.4) is 0 Å². The van der Waals surface area contributed by atoms with Gasteiger partial charge in [-0.2, -0.15) is 0 Å². The van der Waals surface area contributed by atoms with Gasteiger partial charge in [-0.25, -0.2) is 9.97 Å². The Balaban J connectivity index is 1.93. The smallest absolute Gasteiger partial charge is 0.259 e. The summed E-state index contributed by atoms with van der Waals surface area (Å²) in [5, 5.41) is 3.60. The van der Waals surface area contributed by atoms with Gasteiger partial charge in [0.1, 0.15) is 9.21 Å². The van der Waals surface area contributed by atoms with Crippen LogP contribution in [-0.4, -0.2) is 20.9 Å². The number of hydrogen-bond donors (Lipinski definition) is 2. The van der Waals surface area contributed by atoms with Gasteiger partial charge in [0.2, 0.25) is 0 Å². The molecule has 0 atom stereocenters. The quantitative estimate of drug-likeness (QED) is 0.694. The lowest BCUT2D eigenvalue weighted by Crippen LogP contribution is -2.13. The SMILES string of the molecule is O=C(Nc1ncc(Br)nc1Br)c1c[nH]c2ccccc12. The molecule has 0 aliphatic heterocycles. The molecule has 2 heterocycles. The number of nitrogens with one attached hydrogen (secondary N) is 2. The van der Waals surface area contributed by atoms with Gasteiger partial charge in [0.05, 0.1) is 11.8 Å². The third kappa shape index (κ3) is 2.46. The van der Waals surface area contributed by atoms with Crippen LogP contribution in [0, 0.1) is 0 Å². The number of para-hydroxylation sites is 1. The molecule has 0 aliphatic carbocycles. The second-order valence-corrected chi connectivity index (χ2v) is 5.60. The molecule has 0 radical (unpaired) electrons. The Bertz CT molecular complexity index is 800. The minimum absolute atomic E-state index is 0.236. The van der Waals surface area contributed by atoms with Crippen LogP contribution in [0.15, 0.2) is 45.9 Å². The minimum Gasteiger partial charge on any atom is -0.360 e. The maximum absolute atomic E-state index is 12.3. The molecular weight excluding hydrogens is 388 g/mol. The molecule has 0 spiro atoms. The van der Waals surface area contributed by atoms with Crippen LogP contribution in [0.5, 0.6) is 0 Å². The standard InChI is InChI=1S/C13H8Br2N4O/c14-10-6-17-12(11(15)18-10)19-13(20)8-5-16-9-4-2-1-3-7(8)9/h1-6,16H,(H,17,19,20). The number of benzene rings is 1. The fraction of sp³-hybridized carbons (Fsp3) is 0. The van der Waals surface area contributed by atoms with Gasteiger partial charge in [0, 0.05) is 17.1 Å². The van der Waals surface area contributed by atoms with Crippen LogP contribution in [0.4, 0.5) is 5.82 Å². The van der Waals surface area contributed by atoms with Crippen LogP contribution in [0.1, 0.15) is 10.4 Å². The lowest BCUT2D eigenvalue weighted by atomic mass is 10.1. The van der Waals surface area contributed by atoms with Crippen molar-refractivity contribution in [2.75, 3.05) is 5.32 Å². The van der Waals surface area contributed by atoms with Gasteiger partial charge in [-0.05, 0) is 37.9 Å². The number of carbonyl (C=O) groups is 1. The van der Waals surface area contributed by atoms with Gasteiger partial charge in [0.15, 0.2) is 5.82 Å². The monoisotopic (exact) mass is 394 g/mol. The van der Waals surface area contributed by atoms with Gasteiger partial charge in [-0.3, -0.25) is 4.79 Å². The minimum atomic E-state index is -0.236. The lowest BCUT2D eigenvalue weighted by Gasteiger charge is -2.05. The number of rotatable bonds is 2. The van der Waals surface area contributed by atoms with Crippen molar-refractivity contribution in [1.82, 2.24) is 15.0 Å². The van der Waals surface area contributed by atoms with Crippen molar-refractivity contribution < 1.29 is 4.79 Å². The number of aromatic amines is 1. The molecule has 0 saturated heterocycles. The molecule has 3 aromatic rings. The Morgan fingerprint density at radius 2 is 2.05 bits per heavy atom. The molecular formula is C13H8Br2N4O. The number of anilines is 1. The number of aromatic nitrogens is 3. The number of amides is 1. The van der Waals surface area contributed by atoms with Crippen LogP contribution in [0.25, 0.3) is 10.9 Å². The number of H-pyrrole nitrogens is 1. The van der Waals surface area contributed by atoms with E-state index in [4.69, 9.17) is 0 Å². The normalized spacial score (nSPS) is 10.7. The Hall–Kier alpha value is -1.73. The molecule has 1 amide bonds. The average molecular weight is 396 g/mol. The van der Waals surface area contributed by atoms with E-state index in [0.717, 1.165) is 10.9 Å². The van der Waals surface area contributed by atoms with Gasteiger partial charge in [-0.1, -0.05) is 18.2 Å². The van der Waals surface area contributed by atoms with Crippen molar-refractivity contribution in [1.29, 1.82) is 0 Å². The van der Waals surface area contributed by atoms with E-state index in [1.807, 2.05) is 24.3 Å². The Kier molecular flexibility index (Phi) is 3.54. The van der Waals surface area contributed by atoms with Crippen molar-refractivity contribution in [2.45, 2.75) is 0 Å². The Labute approximate surface area is 131 Å². The molecule has 0 unspecified atom stereocenters. The van der Waals surface area contributed by atoms with Crippen molar-refractivity contribution in [3.05, 3.63) is 51.4 Å². The van der Waals surface area contributed by atoms with E-state index < -0.39 is 0 Å². The summed E-state index contributed by atoms with van der Waals surface area (Å²) < 4.78 is 1.06. The number of fused-ring (bicyclic) bond motifs is 1. The van der Waals surface area contributed by atoms with Crippen LogP contribution >= 0.6 is 31.9 Å². The highest BCUT2D eigenvalue weighted by atomic mass is 79.9. The van der Waals surface area contributed by atoms with Crippen LogP contribution in [0.2, 0.25) is 0 Å². The predicted molar refractivity (Wildman–Crippen MR) is 83.7 cm³/mol. The molecule has 100 valence electrons. The van der Waals surface area contributed by atoms with Crippen molar-refractivity contribution in [3.63, 3.8) is 0 Å². The summed E-state index contributed by atoms with van der Waals surface area (Å²) in [7, 11) is 0. The third-order valence-corrected chi connectivity index (χ3v) is 3.70. The Morgan fingerprint density at radius 1 is 1.25 bits per heavy atom. The highest BCUT2D eigenvalue weighted by molar-refractivity contribution is 9.11. The van der Waals surface area contributed by atoms with E-state index in [0.29, 0.717) is 20.6 Å². The molecule has 7 heteroatoms. The maximum atomic E-state index is 12.3. The highest BCUT2D eigenvalue weighted by Crippen LogP contribution is 2.22. The van der Waals surface area contributed by atoms with E-state index >= 15 is 0 Å². The topological polar surface area (TPSA) is 70.7 Å². The first-order valence-corrected chi connectivity index (χ1v) is 7.29. The molecule has 0 bridgehead atoms. The van der Waals surface area contributed by atoms with Crippen molar-refractivity contribution in [2.24, 2.45) is 0 Å². The molecule has 0 fully saturated rings. The van der Waals surface area contributed by atoms with E-state index in [1.54, 1.807) is 6.20 Å². The molecule has 2 aromatic heterocycles. The Morgan fingerprint density at radius 3 is 2.85 bits per heavy atom. The number of nitrogens with zero attached hydrogens (tertiary/aromatic N) is 2. The molecule has 0 saturated carbocycles. The molecule has 3 rings (SSSR count). The summed E-state index contributed by atoms with van der Waals surface area (Å²) in [4.78, 5) is 23.6. The molecule has 5 nitrogen and oxygen atoms in total. The van der Waals surface area contributed by atoms with E-state index in [1.165, 1.54) is 6.20 Å². The molecule has 20 heavy (non-hydrogen) atoms. The van der Waals surface area contributed by atoms with Crippen molar-refractivity contribution >= 4 is 54.5 Å². The van der Waals surface area contributed by atoms with E-state index in [2.05, 4.69) is 52.1 Å². The molecule has 0 aliphatic rings. The lowest BCUT2D eigenvalue weighted by molar-refractivity contribution is 0.102. The average Bonchev–Trinajstić information content (AvgIpc) is 2.86. The van der Waals surface area contributed by atoms with Gasteiger partial charge >= 0.3 is 0 Å². The molecule has 1 aromatic carbocycles. The maximum Gasteiger partial charge on any atom is 0.259 e. The van der Waals surface area contributed by atoms with E-state index in [-0.39, 0.29) is 5.91 Å². The first-order valence-electron chi connectivity index (χ1n) is 5.70. The zero-order valence-corrected chi connectivity index (χ0v) is 13.2. The summed E-state index contributed by atoms with van der Waals surface area (Å²) in [6.07, 6.45) is 3.20. The largest absolute Gasteiger partial charge is 0.360 e. The summed E-state index contributed by atoms with van der Waals surface area (Å²) >= 11 is 6.47. The summed E-state index contributed by atoms with van der Waals surface area (Å²) in [6, 6.07) is 7.62. The zero-order valence-electron chi connectivity index (χ0n) is 10.0. The first-order chi connectivity index (χ1) is 9.65.